The predicted molar refractivity (Wildman–Crippen MR) is 80.6 cm³/mol. The van der Waals surface area contributed by atoms with Crippen LogP contribution in [0.4, 0.5) is 0 Å². The third-order valence-corrected chi connectivity index (χ3v) is 4.46. The number of rotatable bonds is 5. The first-order chi connectivity index (χ1) is 9.74. The summed E-state index contributed by atoms with van der Waals surface area (Å²) in [4.78, 5) is 14.5. The lowest BCUT2D eigenvalue weighted by atomic mass is 10.0. The summed E-state index contributed by atoms with van der Waals surface area (Å²) in [7, 11) is 0. The topological polar surface area (TPSA) is 32.3 Å². The van der Waals surface area contributed by atoms with Gasteiger partial charge < -0.3 is 10.2 Å². The minimum absolute atomic E-state index is 0.0770. The average Bonchev–Trinajstić information content (AvgIpc) is 3.25. The first-order valence-corrected chi connectivity index (χ1v) is 7.83. The second-order valence-corrected chi connectivity index (χ2v) is 6.14. The van der Waals surface area contributed by atoms with Crippen LogP contribution < -0.4 is 5.32 Å². The highest BCUT2D eigenvalue weighted by Gasteiger charge is 2.33. The van der Waals surface area contributed by atoms with Crippen LogP contribution in [-0.2, 0) is 11.2 Å². The van der Waals surface area contributed by atoms with Crippen molar-refractivity contribution in [3.63, 3.8) is 0 Å². The van der Waals surface area contributed by atoms with E-state index in [4.69, 9.17) is 0 Å². The predicted octanol–water partition coefficient (Wildman–Crippen LogP) is 2.28. The van der Waals surface area contributed by atoms with Crippen molar-refractivity contribution in [2.24, 2.45) is 0 Å². The Morgan fingerprint density at radius 1 is 1.25 bits per heavy atom. The number of nitrogens with zero attached hydrogens (tertiary/aromatic N) is 1. The number of aryl methyl sites for hydroxylation is 1. The second kappa shape index (κ2) is 5.96. The summed E-state index contributed by atoms with van der Waals surface area (Å²) in [6, 6.07) is 9.15. The number of carbonyl (C=O) groups is 1. The number of hydrogen-bond acceptors (Lipinski definition) is 2. The number of carbonyl (C=O) groups excluding carboxylic acids is 1. The molecule has 1 amide bonds. The summed E-state index contributed by atoms with van der Waals surface area (Å²) in [6.07, 6.45) is 5.59. The quantitative estimate of drug-likeness (QED) is 0.892. The number of nitrogens with one attached hydrogen (secondary N) is 1. The lowest BCUT2D eigenvalue weighted by Gasteiger charge is -2.33. The average molecular weight is 272 g/mol. The molecule has 0 aromatic heterocycles. The molecule has 2 aliphatic rings. The maximum Gasteiger partial charge on any atom is 0.239 e. The number of hydrogen-bond donors (Lipinski definition) is 1. The van der Waals surface area contributed by atoms with E-state index in [0.29, 0.717) is 11.9 Å². The Morgan fingerprint density at radius 3 is 2.80 bits per heavy atom. The van der Waals surface area contributed by atoms with Crippen LogP contribution in [0.2, 0.25) is 0 Å². The molecule has 1 aliphatic heterocycles. The van der Waals surface area contributed by atoms with Gasteiger partial charge in [0.15, 0.2) is 0 Å². The van der Waals surface area contributed by atoms with Crippen LogP contribution in [0.1, 0.15) is 36.8 Å². The monoisotopic (exact) mass is 272 g/mol. The summed E-state index contributed by atoms with van der Waals surface area (Å²) in [6.45, 7) is 3.92. The number of benzene rings is 1. The maximum absolute atomic E-state index is 12.5. The molecule has 1 aliphatic carbocycles. The van der Waals surface area contributed by atoms with Crippen LogP contribution in [0.5, 0.6) is 0 Å². The lowest BCUT2D eigenvalue weighted by Crippen LogP contribution is -2.51. The van der Waals surface area contributed by atoms with Crippen LogP contribution in [0, 0.1) is 6.92 Å². The van der Waals surface area contributed by atoms with Crippen molar-refractivity contribution in [1.82, 2.24) is 10.2 Å². The Hall–Kier alpha value is -1.35. The third-order valence-electron chi connectivity index (χ3n) is 4.46. The molecule has 3 rings (SSSR count). The van der Waals surface area contributed by atoms with Gasteiger partial charge in [-0.05, 0) is 50.2 Å². The van der Waals surface area contributed by atoms with Crippen molar-refractivity contribution >= 4 is 5.91 Å². The molecule has 0 spiro atoms. The number of likely N-dealkylation sites (tertiary alicyclic amines) is 1. The van der Waals surface area contributed by atoms with Crippen LogP contribution in [-0.4, -0.2) is 36.0 Å². The molecule has 3 nitrogen and oxygen atoms in total. The fourth-order valence-electron chi connectivity index (χ4n) is 3.00. The molecule has 2 fully saturated rings. The molecule has 0 radical (unpaired) electrons. The Kier molecular flexibility index (Phi) is 4.06. The molecule has 1 atom stereocenters. The van der Waals surface area contributed by atoms with Gasteiger partial charge >= 0.3 is 0 Å². The Labute approximate surface area is 121 Å². The second-order valence-electron chi connectivity index (χ2n) is 6.14. The van der Waals surface area contributed by atoms with Crippen molar-refractivity contribution in [3.05, 3.63) is 35.4 Å². The smallest absolute Gasteiger partial charge is 0.239 e. The van der Waals surface area contributed by atoms with Crippen molar-refractivity contribution in [3.8, 4) is 0 Å². The zero-order chi connectivity index (χ0) is 13.9. The largest absolute Gasteiger partial charge is 0.341 e. The van der Waals surface area contributed by atoms with Crippen molar-refractivity contribution in [2.45, 2.75) is 51.1 Å². The fraction of sp³-hybridized carbons (Fsp3) is 0.588. The molecular formula is C17H24N2O. The first-order valence-electron chi connectivity index (χ1n) is 7.83. The van der Waals surface area contributed by atoms with Gasteiger partial charge in [-0.2, -0.15) is 0 Å². The van der Waals surface area contributed by atoms with Gasteiger partial charge in [0.1, 0.15) is 0 Å². The van der Waals surface area contributed by atoms with E-state index in [2.05, 4.69) is 41.4 Å². The highest BCUT2D eigenvalue weighted by molar-refractivity contribution is 5.82. The van der Waals surface area contributed by atoms with Gasteiger partial charge in [-0.3, -0.25) is 4.79 Å². The number of amides is 1. The van der Waals surface area contributed by atoms with E-state index in [-0.39, 0.29) is 6.04 Å². The van der Waals surface area contributed by atoms with Gasteiger partial charge in [-0.25, -0.2) is 0 Å². The normalized spacial score (nSPS) is 23.1. The van der Waals surface area contributed by atoms with Crippen LogP contribution >= 0.6 is 0 Å². The molecule has 1 aromatic rings. The van der Waals surface area contributed by atoms with Crippen LogP contribution in [0.25, 0.3) is 0 Å². The standard InChI is InChI=1S/C17H24N2O/c1-13-5-2-3-6-14(13)10-12-19-11-4-7-16(17(19)20)18-15-8-9-15/h2-3,5-6,15-16,18H,4,7-12H2,1H3. The van der Waals surface area contributed by atoms with Gasteiger partial charge in [-0.15, -0.1) is 0 Å². The molecule has 1 heterocycles. The van der Waals surface area contributed by atoms with Gasteiger partial charge in [0.25, 0.3) is 0 Å². The molecular weight excluding hydrogens is 248 g/mol. The molecule has 1 saturated carbocycles. The van der Waals surface area contributed by atoms with E-state index in [1.165, 1.54) is 24.0 Å². The Balaban J connectivity index is 1.56. The molecule has 1 aromatic carbocycles. The van der Waals surface area contributed by atoms with E-state index in [0.717, 1.165) is 32.4 Å². The molecule has 1 saturated heterocycles. The highest BCUT2D eigenvalue weighted by atomic mass is 16.2. The SMILES string of the molecule is Cc1ccccc1CCN1CCCC(NC2CC2)C1=O. The van der Waals surface area contributed by atoms with Crippen LogP contribution in [0.3, 0.4) is 0 Å². The van der Waals surface area contributed by atoms with Crippen molar-refractivity contribution in [1.29, 1.82) is 0 Å². The summed E-state index contributed by atoms with van der Waals surface area (Å²) < 4.78 is 0. The van der Waals surface area contributed by atoms with E-state index < -0.39 is 0 Å². The zero-order valence-corrected chi connectivity index (χ0v) is 12.3. The lowest BCUT2D eigenvalue weighted by molar-refractivity contribution is -0.136. The molecule has 20 heavy (non-hydrogen) atoms. The van der Waals surface area contributed by atoms with Crippen LogP contribution in [0.15, 0.2) is 24.3 Å². The van der Waals surface area contributed by atoms with Crippen molar-refractivity contribution < 1.29 is 4.79 Å². The summed E-state index contributed by atoms with van der Waals surface area (Å²) in [5.41, 5.74) is 2.68. The molecule has 0 bridgehead atoms. The highest BCUT2D eigenvalue weighted by Crippen LogP contribution is 2.22. The van der Waals surface area contributed by atoms with E-state index in [1.54, 1.807) is 0 Å². The van der Waals surface area contributed by atoms with Gasteiger partial charge in [-0.1, -0.05) is 24.3 Å². The molecule has 108 valence electrons. The Morgan fingerprint density at radius 2 is 2.05 bits per heavy atom. The first kappa shape index (κ1) is 13.6. The van der Waals surface area contributed by atoms with Gasteiger partial charge in [0.2, 0.25) is 5.91 Å². The summed E-state index contributed by atoms with van der Waals surface area (Å²) in [5.74, 6) is 0.316. The fourth-order valence-corrected chi connectivity index (χ4v) is 3.00. The summed E-state index contributed by atoms with van der Waals surface area (Å²) in [5, 5.41) is 3.49. The van der Waals surface area contributed by atoms with E-state index >= 15 is 0 Å². The Bertz CT molecular complexity index is 482. The maximum atomic E-state index is 12.5. The number of piperidine rings is 1. The van der Waals surface area contributed by atoms with Gasteiger partial charge in [0.05, 0.1) is 6.04 Å². The van der Waals surface area contributed by atoms with Crippen molar-refractivity contribution in [2.75, 3.05) is 13.1 Å². The van der Waals surface area contributed by atoms with Gasteiger partial charge in [0, 0.05) is 19.1 Å². The minimum atomic E-state index is 0.0770. The minimum Gasteiger partial charge on any atom is -0.341 e. The van der Waals surface area contributed by atoms with E-state index in [1.807, 2.05) is 0 Å². The third kappa shape index (κ3) is 3.21. The molecule has 1 unspecified atom stereocenters. The summed E-state index contributed by atoms with van der Waals surface area (Å²) >= 11 is 0. The molecule has 1 N–H and O–H groups in total. The zero-order valence-electron chi connectivity index (χ0n) is 12.3. The van der Waals surface area contributed by atoms with E-state index in [9.17, 15) is 4.79 Å². The molecule has 3 heteroatoms.